The molecule has 0 fully saturated rings. The highest BCUT2D eigenvalue weighted by molar-refractivity contribution is 9.10. The molecule has 0 amide bonds. The second-order valence-corrected chi connectivity index (χ2v) is 4.81. The maximum absolute atomic E-state index is 13.5. The van der Waals surface area contributed by atoms with Gasteiger partial charge in [-0.15, -0.1) is 0 Å². The Labute approximate surface area is 108 Å². The Kier molecular flexibility index (Phi) is 3.44. The highest BCUT2D eigenvalue weighted by Crippen LogP contribution is 2.37. The number of alkyl halides is 1. The van der Waals surface area contributed by atoms with Crippen LogP contribution in [0.4, 0.5) is 8.78 Å². The maximum atomic E-state index is 13.5. The first-order valence-electron chi connectivity index (χ1n) is 4.41. The van der Waals surface area contributed by atoms with E-state index in [9.17, 15) is 8.78 Å². The Morgan fingerprint density at radius 2 is 1.88 bits per heavy atom. The third kappa shape index (κ3) is 2.20. The minimum absolute atomic E-state index is 0.238. The van der Waals surface area contributed by atoms with Gasteiger partial charge in [-0.3, -0.25) is 0 Å². The number of hydrogen-bond donors (Lipinski definition) is 0. The van der Waals surface area contributed by atoms with E-state index in [0.29, 0.717) is 10.2 Å². The molecule has 2 rings (SSSR count). The van der Waals surface area contributed by atoms with Crippen molar-refractivity contribution < 1.29 is 13.2 Å². The standard InChI is InChI=1S/C11H6Br2F2O/c12-10(7-3-4-16-11(7)13)8-5-6(14)1-2-9(8)15/h1-5,10H. The fourth-order valence-electron chi connectivity index (χ4n) is 1.36. The third-order valence-electron chi connectivity index (χ3n) is 2.15. The quantitative estimate of drug-likeness (QED) is 0.708. The first-order chi connectivity index (χ1) is 7.59. The summed E-state index contributed by atoms with van der Waals surface area (Å²) in [6.45, 7) is 0. The van der Waals surface area contributed by atoms with Crippen LogP contribution < -0.4 is 0 Å². The highest BCUT2D eigenvalue weighted by Gasteiger charge is 2.19. The van der Waals surface area contributed by atoms with E-state index in [-0.39, 0.29) is 5.56 Å². The van der Waals surface area contributed by atoms with E-state index in [4.69, 9.17) is 4.42 Å². The van der Waals surface area contributed by atoms with E-state index in [1.807, 2.05) is 0 Å². The van der Waals surface area contributed by atoms with E-state index >= 15 is 0 Å². The van der Waals surface area contributed by atoms with E-state index in [2.05, 4.69) is 31.9 Å². The molecule has 1 heterocycles. The lowest BCUT2D eigenvalue weighted by molar-refractivity contribution is 0.536. The third-order valence-corrected chi connectivity index (χ3v) is 3.78. The molecule has 0 saturated heterocycles. The van der Waals surface area contributed by atoms with Gasteiger partial charge in [0.2, 0.25) is 0 Å². The van der Waals surface area contributed by atoms with Crippen LogP contribution in [0.5, 0.6) is 0 Å². The van der Waals surface area contributed by atoms with E-state index in [0.717, 1.165) is 18.2 Å². The summed E-state index contributed by atoms with van der Waals surface area (Å²) in [4.78, 5) is -0.448. The highest BCUT2D eigenvalue weighted by atomic mass is 79.9. The Bertz CT molecular complexity index is 510. The van der Waals surface area contributed by atoms with Gasteiger partial charge in [0.1, 0.15) is 11.6 Å². The van der Waals surface area contributed by atoms with Crippen molar-refractivity contribution in [3.63, 3.8) is 0 Å². The molecule has 0 aliphatic carbocycles. The molecular formula is C11H6Br2F2O. The van der Waals surface area contributed by atoms with Crippen molar-refractivity contribution in [2.24, 2.45) is 0 Å². The van der Waals surface area contributed by atoms with Gasteiger partial charge >= 0.3 is 0 Å². The van der Waals surface area contributed by atoms with Crippen LogP contribution in [-0.4, -0.2) is 0 Å². The normalized spacial score (nSPS) is 12.8. The average Bonchev–Trinajstić information content (AvgIpc) is 2.67. The molecule has 0 bridgehead atoms. The van der Waals surface area contributed by atoms with Crippen molar-refractivity contribution in [1.82, 2.24) is 0 Å². The Balaban J connectivity index is 2.45. The van der Waals surface area contributed by atoms with Crippen LogP contribution in [0.3, 0.4) is 0 Å². The van der Waals surface area contributed by atoms with Gasteiger partial charge < -0.3 is 4.42 Å². The number of halogens is 4. The number of benzene rings is 1. The summed E-state index contributed by atoms with van der Waals surface area (Å²) in [5.74, 6) is -0.933. The van der Waals surface area contributed by atoms with Crippen molar-refractivity contribution >= 4 is 31.9 Å². The number of rotatable bonds is 2. The Morgan fingerprint density at radius 3 is 2.50 bits per heavy atom. The van der Waals surface area contributed by atoms with E-state index in [1.165, 1.54) is 6.26 Å². The summed E-state index contributed by atoms with van der Waals surface area (Å²) < 4.78 is 32.1. The minimum atomic E-state index is -0.472. The summed E-state index contributed by atoms with van der Waals surface area (Å²) in [7, 11) is 0. The summed E-state index contributed by atoms with van der Waals surface area (Å²) in [5.41, 5.74) is 0.951. The molecule has 84 valence electrons. The second kappa shape index (κ2) is 4.67. The molecule has 0 saturated carbocycles. The minimum Gasteiger partial charge on any atom is -0.457 e. The summed E-state index contributed by atoms with van der Waals surface area (Å²) in [6, 6.07) is 5.04. The molecule has 1 aromatic carbocycles. The van der Waals surface area contributed by atoms with Crippen LogP contribution in [0.25, 0.3) is 0 Å². The zero-order valence-electron chi connectivity index (χ0n) is 7.88. The van der Waals surface area contributed by atoms with Gasteiger partial charge in [0, 0.05) is 11.1 Å². The lowest BCUT2D eigenvalue weighted by Gasteiger charge is -2.09. The van der Waals surface area contributed by atoms with E-state index in [1.54, 1.807) is 6.07 Å². The SMILES string of the molecule is Fc1ccc(F)c(C(Br)c2ccoc2Br)c1. The molecule has 0 aliphatic rings. The molecule has 2 aromatic rings. The first kappa shape index (κ1) is 11.8. The molecule has 0 aliphatic heterocycles. The van der Waals surface area contributed by atoms with Crippen LogP contribution in [0.15, 0.2) is 39.6 Å². The summed E-state index contributed by atoms with van der Waals surface area (Å²) in [6.07, 6.45) is 1.48. The van der Waals surface area contributed by atoms with Gasteiger partial charge in [0.25, 0.3) is 0 Å². The molecule has 1 unspecified atom stereocenters. The van der Waals surface area contributed by atoms with Gasteiger partial charge in [-0.05, 0) is 40.2 Å². The Morgan fingerprint density at radius 1 is 1.12 bits per heavy atom. The largest absolute Gasteiger partial charge is 0.457 e. The van der Waals surface area contributed by atoms with Gasteiger partial charge in [-0.2, -0.15) is 0 Å². The van der Waals surface area contributed by atoms with Crippen molar-refractivity contribution in [3.8, 4) is 0 Å². The molecule has 1 aromatic heterocycles. The summed E-state index contributed by atoms with van der Waals surface area (Å²) in [5, 5.41) is 0. The van der Waals surface area contributed by atoms with Crippen LogP contribution in [0.2, 0.25) is 0 Å². The number of hydrogen-bond acceptors (Lipinski definition) is 1. The summed E-state index contributed by atoms with van der Waals surface area (Å²) >= 11 is 6.51. The van der Waals surface area contributed by atoms with Crippen molar-refractivity contribution in [2.45, 2.75) is 4.83 Å². The predicted molar refractivity (Wildman–Crippen MR) is 63.5 cm³/mol. The Hall–Kier alpha value is -0.680. The predicted octanol–water partition coefficient (Wildman–Crippen LogP) is 4.80. The molecule has 1 atom stereocenters. The monoisotopic (exact) mass is 350 g/mol. The van der Waals surface area contributed by atoms with Crippen molar-refractivity contribution in [2.75, 3.05) is 0 Å². The molecule has 0 N–H and O–H groups in total. The molecular weight excluding hydrogens is 346 g/mol. The average molecular weight is 352 g/mol. The topological polar surface area (TPSA) is 13.1 Å². The molecule has 16 heavy (non-hydrogen) atoms. The zero-order valence-corrected chi connectivity index (χ0v) is 11.1. The fourth-order valence-corrected chi connectivity index (χ4v) is 2.85. The molecule has 5 heteroatoms. The second-order valence-electron chi connectivity index (χ2n) is 3.18. The molecule has 1 nitrogen and oxygen atoms in total. The lowest BCUT2D eigenvalue weighted by atomic mass is 10.1. The van der Waals surface area contributed by atoms with Crippen molar-refractivity contribution in [1.29, 1.82) is 0 Å². The first-order valence-corrected chi connectivity index (χ1v) is 6.12. The van der Waals surface area contributed by atoms with Gasteiger partial charge in [-0.1, -0.05) is 15.9 Å². The van der Waals surface area contributed by atoms with Gasteiger partial charge in [-0.25, -0.2) is 8.78 Å². The van der Waals surface area contributed by atoms with Crippen LogP contribution >= 0.6 is 31.9 Å². The van der Waals surface area contributed by atoms with Crippen molar-refractivity contribution in [3.05, 3.63) is 58.0 Å². The maximum Gasteiger partial charge on any atom is 0.173 e. The molecule has 0 spiro atoms. The van der Waals surface area contributed by atoms with Crippen LogP contribution in [-0.2, 0) is 0 Å². The lowest BCUT2D eigenvalue weighted by Crippen LogP contribution is -1.97. The van der Waals surface area contributed by atoms with Crippen LogP contribution in [0.1, 0.15) is 16.0 Å². The molecule has 0 radical (unpaired) electrons. The smallest absolute Gasteiger partial charge is 0.173 e. The van der Waals surface area contributed by atoms with Gasteiger partial charge in [0.05, 0.1) is 11.1 Å². The fraction of sp³-hybridized carbons (Fsp3) is 0.0909. The number of furan rings is 1. The van der Waals surface area contributed by atoms with Crippen LogP contribution in [0, 0.1) is 11.6 Å². The van der Waals surface area contributed by atoms with E-state index < -0.39 is 16.5 Å². The zero-order chi connectivity index (χ0) is 11.7. The van der Waals surface area contributed by atoms with Gasteiger partial charge in [0.15, 0.2) is 4.67 Å².